The molecule has 1 amide bonds. The normalized spacial score (nSPS) is 22.5. The first-order chi connectivity index (χ1) is 10.1. The van der Waals surface area contributed by atoms with Crippen molar-refractivity contribution in [1.82, 2.24) is 14.8 Å². The first kappa shape index (κ1) is 14.8. The van der Waals surface area contributed by atoms with Gasteiger partial charge in [0.1, 0.15) is 10.8 Å². The first-order valence-corrected chi connectivity index (χ1v) is 8.06. The van der Waals surface area contributed by atoms with Crippen LogP contribution in [0.15, 0.2) is 18.2 Å². The Morgan fingerprint density at radius 2 is 2.00 bits per heavy atom. The van der Waals surface area contributed by atoms with Crippen LogP contribution in [-0.4, -0.2) is 53.9 Å². The quantitative estimate of drug-likeness (QED) is 0.749. The zero-order valence-corrected chi connectivity index (χ0v) is 13.3. The smallest absolute Gasteiger partial charge is 0.272 e. The predicted molar refractivity (Wildman–Crippen MR) is 83.5 cm³/mol. The highest BCUT2D eigenvalue weighted by Gasteiger charge is 2.39. The fourth-order valence-electron chi connectivity index (χ4n) is 3.57. The van der Waals surface area contributed by atoms with Gasteiger partial charge in [0.05, 0.1) is 0 Å². The summed E-state index contributed by atoms with van der Waals surface area (Å²) in [7, 11) is 2.18. The van der Waals surface area contributed by atoms with Crippen molar-refractivity contribution >= 4 is 17.5 Å². The number of halogens is 1. The van der Waals surface area contributed by atoms with E-state index in [1.54, 1.807) is 18.2 Å². The lowest BCUT2D eigenvalue weighted by molar-refractivity contribution is 0.0257. The van der Waals surface area contributed by atoms with Crippen LogP contribution in [0.25, 0.3) is 0 Å². The highest BCUT2D eigenvalue weighted by atomic mass is 35.5. The number of amides is 1. The van der Waals surface area contributed by atoms with Gasteiger partial charge in [-0.3, -0.25) is 4.79 Å². The highest BCUT2D eigenvalue weighted by Crippen LogP contribution is 2.39. The van der Waals surface area contributed by atoms with Gasteiger partial charge in [0.2, 0.25) is 0 Å². The van der Waals surface area contributed by atoms with E-state index in [4.69, 9.17) is 11.6 Å². The molecule has 2 aliphatic heterocycles. The highest BCUT2D eigenvalue weighted by molar-refractivity contribution is 6.29. The molecular formula is C16H22ClN3O. The number of rotatable bonds is 1. The summed E-state index contributed by atoms with van der Waals surface area (Å²) in [5, 5.41) is 0.381. The fourth-order valence-corrected chi connectivity index (χ4v) is 3.74. The van der Waals surface area contributed by atoms with Crippen LogP contribution in [0.3, 0.4) is 0 Å². The molecule has 2 aliphatic rings. The number of pyridine rings is 1. The summed E-state index contributed by atoms with van der Waals surface area (Å²) in [5.74, 6) is 0.0236. The molecule has 2 saturated heterocycles. The maximum Gasteiger partial charge on any atom is 0.272 e. The number of likely N-dealkylation sites (tertiary alicyclic amines) is 2. The Bertz CT molecular complexity index is 526. The van der Waals surface area contributed by atoms with Gasteiger partial charge in [0.15, 0.2) is 0 Å². The lowest BCUT2D eigenvalue weighted by Gasteiger charge is -2.47. The SMILES string of the molecule is CN1CCC2(CCCN(C(=O)c3cccc(Cl)n3)C2)CC1. The van der Waals surface area contributed by atoms with Gasteiger partial charge in [-0.2, -0.15) is 0 Å². The molecule has 5 heteroatoms. The van der Waals surface area contributed by atoms with E-state index in [1.165, 1.54) is 19.3 Å². The third-order valence-electron chi connectivity index (χ3n) is 4.93. The van der Waals surface area contributed by atoms with Crippen molar-refractivity contribution < 1.29 is 4.79 Å². The van der Waals surface area contributed by atoms with Crippen LogP contribution in [0.1, 0.15) is 36.2 Å². The number of nitrogens with zero attached hydrogens (tertiary/aromatic N) is 3. The van der Waals surface area contributed by atoms with Gasteiger partial charge < -0.3 is 9.80 Å². The lowest BCUT2D eigenvalue weighted by Crippen LogP contribution is -2.50. The van der Waals surface area contributed by atoms with Crippen molar-refractivity contribution in [3.05, 3.63) is 29.0 Å². The minimum absolute atomic E-state index is 0.0236. The summed E-state index contributed by atoms with van der Waals surface area (Å²) in [5.41, 5.74) is 0.784. The van der Waals surface area contributed by atoms with Crippen LogP contribution >= 0.6 is 11.6 Å². The molecule has 1 aromatic rings. The molecule has 0 radical (unpaired) electrons. The Morgan fingerprint density at radius 1 is 1.24 bits per heavy atom. The summed E-state index contributed by atoms with van der Waals surface area (Å²) in [6, 6.07) is 5.25. The molecule has 4 nitrogen and oxygen atoms in total. The van der Waals surface area contributed by atoms with Crippen LogP contribution in [0.5, 0.6) is 0 Å². The minimum Gasteiger partial charge on any atom is -0.337 e. The second kappa shape index (κ2) is 5.93. The van der Waals surface area contributed by atoms with Gasteiger partial charge in [0, 0.05) is 13.1 Å². The van der Waals surface area contributed by atoms with Crippen LogP contribution in [0, 0.1) is 5.41 Å². The monoisotopic (exact) mass is 307 g/mol. The molecule has 1 spiro atoms. The molecule has 0 N–H and O–H groups in total. The first-order valence-electron chi connectivity index (χ1n) is 7.68. The molecule has 21 heavy (non-hydrogen) atoms. The summed E-state index contributed by atoms with van der Waals surface area (Å²) >= 11 is 5.90. The van der Waals surface area contributed by atoms with Crippen molar-refractivity contribution in [2.75, 3.05) is 33.2 Å². The topological polar surface area (TPSA) is 36.4 Å². The van der Waals surface area contributed by atoms with Crippen molar-refractivity contribution in [3.63, 3.8) is 0 Å². The summed E-state index contributed by atoms with van der Waals surface area (Å²) in [6.45, 7) is 3.98. The van der Waals surface area contributed by atoms with Gasteiger partial charge >= 0.3 is 0 Å². The summed E-state index contributed by atoms with van der Waals surface area (Å²) in [6.07, 6.45) is 4.72. The Kier molecular flexibility index (Phi) is 4.18. The fraction of sp³-hybridized carbons (Fsp3) is 0.625. The molecule has 2 fully saturated rings. The van der Waals surface area contributed by atoms with Crippen molar-refractivity contribution in [2.24, 2.45) is 5.41 Å². The van der Waals surface area contributed by atoms with E-state index < -0.39 is 0 Å². The van der Waals surface area contributed by atoms with E-state index in [1.807, 2.05) is 4.90 Å². The van der Waals surface area contributed by atoms with Crippen LogP contribution in [0.2, 0.25) is 5.15 Å². The van der Waals surface area contributed by atoms with E-state index in [0.29, 0.717) is 16.3 Å². The molecule has 0 saturated carbocycles. The molecule has 0 aromatic carbocycles. The largest absolute Gasteiger partial charge is 0.337 e. The summed E-state index contributed by atoms with van der Waals surface area (Å²) < 4.78 is 0. The van der Waals surface area contributed by atoms with Crippen LogP contribution in [-0.2, 0) is 0 Å². The standard InChI is InChI=1S/C16H22ClN3O/c1-19-10-7-16(8-11-19)6-3-9-20(12-16)15(21)13-4-2-5-14(17)18-13/h2,4-5H,3,6-12H2,1H3. The number of piperidine rings is 2. The third kappa shape index (κ3) is 3.22. The zero-order valence-electron chi connectivity index (χ0n) is 12.5. The van der Waals surface area contributed by atoms with Crippen LogP contribution < -0.4 is 0 Å². The maximum atomic E-state index is 12.6. The van der Waals surface area contributed by atoms with Crippen molar-refractivity contribution in [3.8, 4) is 0 Å². The Morgan fingerprint density at radius 3 is 2.71 bits per heavy atom. The number of hydrogen-bond acceptors (Lipinski definition) is 3. The lowest BCUT2D eigenvalue weighted by atomic mass is 9.72. The number of hydrogen-bond donors (Lipinski definition) is 0. The van der Waals surface area contributed by atoms with Crippen molar-refractivity contribution in [1.29, 1.82) is 0 Å². The van der Waals surface area contributed by atoms with E-state index in [2.05, 4.69) is 16.9 Å². The molecule has 0 atom stereocenters. The molecule has 0 unspecified atom stereocenters. The van der Waals surface area contributed by atoms with Crippen molar-refractivity contribution in [2.45, 2.75) is 25.7 Å². The maximum absolute atomic E-state index is 12.6. The molecule has 0 aliphatic carbocycles. The van der Waals surface area contributed by atoms with E-state index in [0.717, 1.165) is 32.6 Å². The third-order valence-corrected chi connectivity index (χ3v) is 5.14. The van der Waals surface area contributed by atoms with Gasteiger partial charge in [-0.1, -0.05) is 17.7 Å². The number of carbonyl (C=O) groups excluding carboxylic acids is 1. The molecule has 3 heterocycles. The Labute approximate surface area is 131 Å². The Balaban J connectivity index is 1.72. The predicted octanol–water partition coefficient (Wildman–Crippen LogP) is 2.68. The number of aromatic nitrogens is 1. The Hall–Kier alpha value is -1.13. The van der Waals surface area contributed by atoms with E-state index in [-0.39, 0.29) is 5.91 Å². The molecule has 114 valence electrons. The molecule has 1 aromatic heterocycles. The van der Waals surface area contributed by atoms with Gasteiger partial charge in [-0.05, 0) is 63.4 Å². The molecule has 3 rings (SSSR count). The second-order valence-corrected chi connectivity index (χ2v) is 6.87. The van der Waals surface area contributed by atoms with Crippen LogP contribution in [0.4, 0.5) is 0 Å². The number of carbonyl (C=O) groups is 1. The zero-order chi connectivity index (χ0) is 14.9. The van der Waals surface area contributed by atoms with Gasteiger partial charge in [-0.15, -0.1) is 0 Å². The van der Waals surface area contributed by atoms with E-state index in [9.17, 15) is 4.79 Å². The van der Waals surface area contributed by atoms with Gasteiger partial charge in [0.25, 0.3) is 5.91 Å². The molecular weight excluding hydrogens is 286 g/mol. The van der Waals surface area contributed by atoms with E-state index >= 15 is 0 Å². The minimum atomic E-state index is 0.0236. The molecule has 0 bridgehead atoms. The van der Waals surface area contributed by atoms with Gasteiger partial charge in [-0.25, -0.2) is 4.98 Å². The average molecular weight is 308 g/mol. The second-order valence-electron chi connectivity index (χ2n) is 6.48. The average Bonchev–Trinajstić information content (AvgIpc) is 2.50. The summed E-state index contributed by atoms with van der Waals surface area (Å²) in [4.78, 5) is 21.2.